The minimum Gasteiger partial charge on any atom is -0.496 e. The number of amides is 1. The molecule has 1 heterocycles. The van der Waals surface area contributed by atoms with Gasteiger partial charge in [0, 0.05) is 0 Å². The smallest absolute Gasteiger partial charge is 0.338 e. The van der Waals surface area contributed by atoms with Gasteiger partial charge < -0.3 is 19.1 Å². The number of hydrogen-bond acceptors (Lipinski definition) is 6. The fourth-order valence-corrected chi connectivity index (χ4v) is 2.85. The zero-order valence-electron chi connectivity index (χ0n) is 15.0. The van der Waals surface area contributed by atoms with Crippen LogP contribution in [0.25, 0.3) is 0 Å². The molecule has 1 aliphatic heterocycles. The molecule has 27 heavy (non-hydrogen) atoms. The summed E-state index contributed by atoms with van der Waals surface area (Å²) in [5.41, 5.74) is 1.55. The molecule has 0 aromatic heterocycles. The monoisotopic (exact) mass is 366 g/mol. The maximum Gasteiger partial charge on any atom is 0.338 e. The summed E-state index contributed by atoms with van der Waals surface area (Å²) in [7, 11) is 1.44. The van der Waals surface area contributed by atoms with Crippen LogP contribution >= 0.6 is 0 Å². The minimum atomic E-state index is -0.464. The first-order valence-corrected chi connectivity index (χ1v) is 8.43. The SMILES string of the molecule is CCOC(=O)c1ccc2c(c1)N(C(=O)c1ccc(C#N)cc1OC)CCO2. The van der Waals surface area contributed by atoms with Crippen LogP contribution in [-0.4, -0.2) is 38.7 Å². The molecule has 0 spiro atoms. The van der Waals surface area contributed by atoms with Crippen molar-refractivity contribution >= 4 is 17.6 Å². The lowest BCUT2D eigenvalue weighted by Gasteiger charge is -2.30. The van der Waals surface area contributed by atoms with E-state index in [-0.39, 0.29) is 12.5 Å². The summed E-state index contributed by atoms with van der Waals surface area (Å²) in [5, 5.41) is 9.03. The third kappa shape index (κ3) is 3.55. The van der Waals surface area contributed by atoms with Crippen molar-refractivity contribution in [2.24, 2.45) is 0 Å². The highest BCUT2D eigenvalue weighted by molar-refractivity contribution is 6.09. The summed E-state index contributed by atoms with van der Waals surface area (Å²) in [5.74, 6) is 0.0556. The molecule has 3 rings (SSSR count). The number of anilines is 1. The van der Waals surface area contributed by atoms with Crippen LogP contribution in [0.1, 0.15) is 33.2 Å². The number of benzene rings is 2. The Morgan fingerprint density at radius 3 is 2.78 bits per heavy atom. The molecule has 2 aromatic carbocycles. The number of carbonyl (C=O) groups excluding carboxylic acids is 2. The number of ether oxygens (including phenoxy) is 3. The molecular weight excluding hydrogens is 348 g/mol. The first kappa shape index (κ1) is 18.3. The largest absolute Gasteiger partial charge is 0.496 e. The van der Waals surface area contributed by atoms with Crippen molar-refractivity contribution in [3.05, 3.63) is 53.1 Å². The average Bonchev–Trinajstić information content (AvgIpc) is 2.72. The number of rotatable bonds is 4. The second kappa shape index (κ2) is 7.79. The van der Waals surface area contributed by atoms with Gasteiger partial charge in [0.2, 0.25) is 0 Å². The molecule has 7 nitrogen and oxygen atoms in total. The molecule has 0 bridgehead atoms. The Kier molecular flexibility index (Phi) is 5.27. The zero-order chi connectivity index (χ0) is 19.4. The lowest BCUT2D eigenvalue weighted by molar-refractivity contribution is 0.0526. The van der Waals surface area contributed by atoms with E-state index in [0.717, 1.165) is 0 Å². The highest BCUT2D eigenvalue weighted by Gasteiger charge is 2.28. The molecule has 2 aromatic rings. The van der Waals surface area contributed by atoms with E-state index in [1.165, 1.54) is 18.1 Å². The highest BCUT2D eigenvalue weighted by atomic mass is 16.5. The molecule has 1 amide bonds. The normalized spacial score (nSPS) is 12.4. The van der Waals surface area contributed by atoms with E-state index in [0.29, 0.717) is 47.0 Å². The van der Waals surface area contributed by atoms with Crippen molar-refractivity contribution < 1.29 is 23.8 Å². The molecule has 0 saturated carbocycles. The molecule has 0 radical (unpaired) electrons. The van der Waals surface area contributed by atoms with E-state index in [1.54, 1.807) is 37.3 Å². The molecule has 1 aliphatic rings. The van der Waals surface area contributed by atoms with E-state index in [4.69, 9.17) is 19.5 Å². The van der Waals surface area contributed by atoms with Crippen molar-refractivity contribution in [1.82, 2.24) is 0 Å². The molecule has 0 atom stereocenters. The maximum absolute atomic E-state index is 13.1. The summed E-state index contributed by atoms with van der Waals surface area (Å²) in [4.78, 5) is 26.7. The van der Waals surface area contributed by atoms with Crippen molar-refractivity contribution in [2.75, 3.05) is 31.8 Å². The summed E-state index contributed by atoms with van der Waals surface area (Å²) in [6.07, 6.45) is 0. The Morgan fingerprint density at radius 2 is 2.07 bits per heavy atom. The van der Waals surface area contributed by atoms with Gasteiger partial charge in [-0.15, -0.1) is 0 Å². The van der Waals surface area contributed by atoms with E-state index in [2.05, 4.69) is 0 Å². The van der Waals surface area contributed by atoms with Crippen molar-refractivity contribution in [3.8, 4) is 17.6 Å². The summed E-state index contributed by atoms with van der Waals surface area (Å²) in [6.45, 7) is 2.64. The van der Waals surface area contributed by atoms with Gasteiger partial charge in [-0.1, -0.05) is 0 Å². The van der Waals surface area contributed by atoms with Crippen LogP contribution in [0.3, 0.4) is 0 Å². The highest BCUT2D eigenvalue weighted by Crippen LogP contribution is 2.35. The van der Waals surface area contributed by atoms with Gasteiger partial charge in [0.15, 0.2) is 0 Å². The number of carbonyl (C=O) groups is 2. The van der Waals surface area contributed by atoms with E-state index < -0.39 is 5.97 Å². The first-order valence-electron chi connectivity index (χ1n) is 8.43. The van der Waals surface area contributed by atoms with Crippen LogP contribution in [0.2, 0.25) is 0 Å². The average molecular weight is 366 g/mol. The third-order valence-electron chi connectivity index (χ3n) is 4.14. The second-order valence-electron chi connectivity index (χ2n) is 5.74. The van der Waals surface area contributed by atoms with E-state index in [9.17, 15) is 9.59 Å². The number of fused-ring (bicyclic) bond motifs is 1. The molecule has 7 heteroatoms. The number of methoxy groups -OCH3 is 1. The first-order chi connectivity index (χ1) is 13.1. The second-order valence-corrected chi connectivity index (χ2v) is 5.74. The minimum absolute atomic E-state index is 0.261. The molecule has 0 aliphatic carbocycles. The number of hydrogen-bond donors (Lipinski definition) is 0. The maximum atomic E-state index is 13.1. The summed E-state index contributed by atoms with van der Waals surface area (Å²) in [6, 6.07) is 11.5. The Balaban J connectivity index is 2.00. The predicted molar refractivity (Wildman–Crippen MR) is 97.3 cm³/mol. The van der Waals surface area contributed by atoms with Crippen LogP contribution in [-0.2, 0) is 4.74 Å². The van der Waals surface area contributed by atoms with Crippen LogP contribution in [0, 0.1) is 11.3 Å². The Hall–Kier alpha value is -3.53. The molecule has 138 valence electrons. The van der Waals surface area contributed by atoms with E-state index >= 15 is 0 Å². The van der Waals surface area contributed by atoms with Gasteiger partial charge in [-0.25, -0.2) is 4.79 Å². The van der Waals surface area contributed by atoms with Crippen molar-refractivity contribution in [2.45, 2.75) is 6.92 Å². The molecule has 0 unspecified atom stereocenters. The van der Waals surface area contributed by atoms with Gasteiger partial charge in [-0.2, -0.15) is 5.26 Å². The molecular formula is C20H18N2O5. The Bertz CT molecular complexity index is 932. The van der Waals surface area contributed by atoms with Gasteiger partial charge in [0.05, 0.1) is 48.7 Å². The fraction of sp³-hybridized carbons (Fsp3) is 0.250. The summed E-state index contributed by atoms with van der Waals surface area (Å²) >= 11 is 0. The standard InChI is InChI=1S/C20H18N2O5/c1-3-26-20(24)14-5-7-17-16(11-14)22(8-9-27-17)19(23)15-6-4-13(12-21)10-18(15)25-2/h4-7,10-11H,3,8-9H2,1-2H3. The lowest BCUT2D eigenvalue weighted by atomic mass is 10.1. The predicted octanol–water partition coefficient (Wildman–Crippen LogP) is 2.78. The van der Waals surface area contributed by atoms with Crippen LogP contribution in [0.5, 0.6) is 11.5 Å². The van der Waals surface area contributed by atoms with Gasteiger partial charge in [0.25, 0.3) is 5.91 Å². The number of esters is 1. The Labute approximate surface area is 156 Å². The fourth-order valence-electron chi connectivity index (χ4n) is 2.85. The van der Waals surface area contributed by atoms with Gasteiger partial charge in [0.1, 0.15) is 18.1 Å². The van der Waals surface area contributed by atoms with Gasteiger partial charge in [-0.3, -0.25) is 4.79 Å². The molecule has 0 saturated heterocycles. The lowest BCUT2D eigenvalue weighted by Crippen LogP contribution is -2.38. The van der Waals surface area contributed by atoms with Crippen molar-refractivity contribution in [3.63, 3.8) is 0 Å². The third-order valence-corrected chi connectivity index (χ3v) is 4.14. The zero-order valence-corrected chi connectivity index (χ0v) is 15.0. The van der Waals surface area contributed by atoms with Crippen LogP contribution < -0.4 is 14.4 Å². The van der Waals surface area contributed by atoms with Gasteiger partial charge in [-0.05, 0) is 43.3 Å². The number of nitriles is 1. The topological polar surface area (TPSA) is 88.9 Å². The van der Waals surface area contributed by atoms with E-state index in [1.807, 2.05) is 6.07 Å². The van der Waals surface area contributed by atoms with Crippen molar-refractivity contribution in [1.29, 1.82) is 5.26 Å². The summed E-state index contributed by atoms with van der Waals surface area (Å²) < 4.78 is 15.9. The molecule has 0 fully saturated rings. The quantitative estimate of drug-likeness (QED) is 0.773. The van der Waals surface area contributed by atoms with Crippen LogP contribution in [0.4, 0.5) is 5.69 Å². The number of nitrogens with zero attached hydrogens (tertiary/aromatic N) is 2. The Morgan fingerprint density at radius 1 is 1.26 bits per heavy atom. The van der Waals surface area contributed by atoms with Gasteiger partial charge >= 0.3 is 5.97 Å². The molecule has 0 N–H and O–H groups in total. The van der Waals surface area contributed by atoms with Crippen LogP contribution in [0.15, 0.2) is 36.4 Å².